The maximum atomic E-state index is 15.7. The summed E-state index contributed by atoms with van der Waals surface area (Å²) < 4.78 is 56.0. The van der Waals surface area contributed by atoms with Crippen LogP contribution in [0.3, 0.4) is 0 Å². The van der Waals surface area contributed by atoms with Crippen LogP contribution in [0.1, 0.15) is 49.5 Å². The van der Waals surface area contributed by atoms with Crippen LogP contribution < -0.4 is 14.9 Å². The van der Waals surface area contributed by atoms with Gasteiger partial charge in [-0.1, -0.05) is 56.1 Å². The van der Waals surface area contributed by atoms with E-state index in [0.29, 0.717) is 0 Å². The van der Waals surface area contributed by atoms with Crippen LogP contribution in [0.2, 0.25) is 10.0 Å². The minimum atomic E-state index is -3.79. The molecule has 232 valence electrons. The number of sulfonamides is 1. The van der Waals surface area contributed by atoms with Crippen LogP contribution in [0.25, 0.3) is 0 Å². The monoisotopic (exact) mass is 662 g/mol. The van der Waals surface area contributed by atoms with Crippen LogP contribution in [0.15, 0.2) is 60.7 Å². The number of rotatable bonds is 7. The lowest BCUT2D eigenvalue weighted by atomic mass is 9.70. The topological polar surface area (TPSA) is 119 Å². The fourth-order valence-electron chi connectivity index (χ4n) is 5.57. The first kappa shape index (κ1) is 33.2. The number of hydrogen-bond donors (Lipinski definition) is 2. The van der Waals surface area contributed by atoms with Crippen molar-refractivity contribution < 1.29 is 26.8 Å². The van der Waals surface area contributed by atoms with Gasteiger partial charge in [0.15, 0.2) is 5.82 Å². The van der Waals surface area contributed by atoms with Gasteiger partial charge in [-0.05, 0) is 60.4 Å². The molecule has 0 bridgehead atoms. The second-order valence-corrected chi connectivity index (χ2v) is 14.6. The number of nitrogens with zero attached hydrogens (tertiary/aromatic N) is 2. The molecule has 0 aromatic heterocycles. The lowest BCUT2D eigenvalue weighted by Gasteiger charge is -2.39. The molecule has 0 aliphatic carbocycles. The molecule has 0 spiro atoms. The number of carbonyl (C=O) groups excluding carboxylic acids is 2. The van der Waals surface area contributed by atoms with Gasteiger partial charge < -0.3 is 10.2 Å². The molecular weight excluding hydrogens is 633 g/mol. The fourth-order valence-corrected chi connectivity index (χ4v) is 6.36. The third kappa shape index (κ3) is 6.98. The number of nitrogens with one attached hydrogen (secondary N) is 2. The highest BCUT2D eigenvalue weighted by atomic mass is 35.5. The molecular formula is C31H30Cl2F2N4O4S. The summed E-state index contributed by atoms with van der Waals surface area (Å²) in [6.45, 7) is 5.78. The van der Waals surface area contributed by atoms with Gasteiger partial charge >= 0.3 is 0 Å². The average molecular weight is 664 g/mol. The maximum absolute atomic E-state index is 15.7. The first-order valence-corrected chi connectivity index (χ1v) is 16.1. The highest BCUT2D eigenvalue weighted by molar-refractivity contribution is 7.89. The zero-order chi connectivity index (χ0) is 32.6. The Morgan fingerprint density at radius 2 is 1.75 bits per heavy atom. The highest BCUT2D eigenvalue weighted by Crippen LogP contribution is 2.50. The number of halogens is 4. The van der Waals surface area contributed by atoms with E-state index in [4.69, 9.17) is 23.2 Å². The summed E-state index contributed by atoms with van der Waals surface area (Å²) in [4.78, 5) is 27.7. The summed E-state index contributed by atoms with van der Waals surface area (Å²) in [5.41, 5.74) is -1.77. The predicted molar refractivity (Wildman–Crippen MR) is 166 cm³/mol. The third-order valence-corrected chi connectivity index (χ3v) is 8.46. The molecule has 0 radical (unpaired) electrons. The smallest absolute Gasteiger partial charge is 0.264 e. The first-order valence-electron chi connectivity index (χ1n) is 13.5. The summed E-state index contributed by atoms with van der Waals surface area (Å²) >= 11 is 12.2. The molecule has 3 unspecified atom stereocenters. The van der Waals surface area contributed by atoms with Gasteiger partial charge in [-0.3, -0.25) is 9.59 Å². The zero-order valence-corrected chi connectivity index (χ0v) is 26.6. The molecule has 1 saturated heterocycles. The molecule has 0 saturated carbocycles. The SMILES string of the molecule is CC(C)(C)CC1N(c2cccc(Cl)c2F)C(C(=O)Nc2ccc(C(=O)NS(C)(=O)=O)cc2)CC1(C#N)c1ccc(Cl)cc1F. The molecule has 2 N–H and O–H groups in total. The van der Waals surface area contributed by atoms with Crippen molar-refractivity contribution in [3.05, 3.63) is 93.5 Å². The van der Waals surface area contributed by atoms with Gasteiger partial charge in [-0.15, -0.1) is 0 Å². The van der Waals surface area contributed by atoms with Gasteiger partial charge in [-0.25, -0.2) is 21.9 Å². The van der Waals surface area contributed by atoms with E-state index in [9.17, 15) is 23.3 Å². The van der Waals surface area contributed by atoms with E-state index in [1.807, 2.05) is 25.5 Å². The Morgan fingerprint density at radius 3 is 2.32 bits per heavy atom. The second kappa shape index (κ2) is 12.3. The lowest BCUT2D eigenvalue weighted by molar-refractivity contribution is -0.117. The Hall–Kier alpha value is -3.72. The number of anilines is 2. The van der Waals surface area contributed by atoms with Crippen molar-refractivity contribution in [2.75, 3.05) is 16.5 Å². The molecule has 1 heterocycles. The van der Waals surface area contributed by atoms with Crippen molar-refractivity contribution in [3.63, 3.8) is 0 Å². The quantitative estimate of drug-likeness (QED) is 0.300. The summed E-state index contributed by atoms with van der Waals surface area (Å²) in [7, 11) is -3.79. The molecule has 3 atom stereocenters. The fraction of sp³-hybridized carbons (Fsp3) is 0.323. The van der Waals surface area contributed by atoms with E-state index in [1.165, 1.54) is 59.5 Å². The minimum absolute atomic E-state index is 0.0220. The Balaban J connectivity index is 1.82. The van der Waals surface area contributed by atoms with Crippen molar-refractivity contribution in [3.8, 4) is 6.07 Å². The van der Waals surface area contributed by atoms with E-state index >= 15 is 8.78 Å². The van der Waals surface area contributed by atoms with E-state index < -0.39 is 56.4 Å². The molecule has 1 aliphatic rings. The van der Waals surface area contributed by atoms with Crippen molar-refractivity contribution in [2.24, 2.45) is 5.41 Å². The van der Waals surface area contributed by atoms with Crippen LogP contribution in [-0.2, 0) is 20.2 Å². The number of benzene rings is 3. The van der Waals surface area contributed by atoms with Gasteiger partial charge in [0.25, 0.3) is 5.91 Å². The highest BCUT2D eigenvalue weighted by Gasteiger charge is 2.58. The standard InChI is InChI=1S/C31H30Cl2F2N4O4S/c1-30(2,3)16-26-31(17-36,21-13-10-19(32)14-23(21)34)15-25(39(26)24-7-5-6-22(33)27(24)35)29(41)37-20-11-8-18(9-12-20)28(40)38-44(4,42)43/h5-14,25-26H,15-16H2,1-4H3,(H,37,41)(H,38,40). The van der Waals surface area contributed by atoms with Crippen molar-refractivity contribution in [1.82, 2.24) is 4.72 Å². The van der Waals surface area contributed by atoms with Gasteiger partial charge in [0.05, 0.1) is 29.1 Å². The molecule has 8 nitrogen and oxygen atoms in total. The van der Waals surface area contributed by atoms with Crippen LogP contribution >= 0.6 is 23.2 Å². The summed E-state index contributed by atoms with van der Waals surface area (Å²) in [5, 5.41) is 13.4. The third-order valence-electron chi connectivity index (χ3n) is 7.38. The number of hydrogen-bond acceptors (Lipinski definition) is 6. The first-order chi connectivity index (χ1) is 20.5. The molecule has 3 aromatic rings. The van der Waals surface area contributed by atoms with E-state index in [1.54, 1.807) is 0 Å². The lowest BCUT2D eigenvalue weighted by Crippen LogP contribution is -2.48. The van der Waals surface area contributed by atoms with Crippen molar-refractivity contribution in [2.45, 2.75) is 51.1 Å². The second-order valence-electron chi connectivity index (χ2n) is 12.0. The van der Waals surface area contributed by atoms with Crippen LogP contribution in [0.5, 0.6) is 0 Å². The Bertz CT molecular complexity index is 1760. The summed E-state index contributed by atoms with van der Waals surface area (Å²) in [6, 6.07) is 14.0. The van der Waals surface area contributed by atoms with E-state index in [-0.39, 0.29) is 45.4 Å². The summed E-state index contributed by atoms with van der Waals surface area (Å²) in [6.07, 6.45) is 0.914. The van der Waals surface area contributed by atoms with E-state index in [2.05, 4.69) is 11.4 Å². The molecule has 1 fully saturated rings. The molecule has 44 heavy (non-hydrogen) atoms. The molecule has 4 rings (SSSR count). The molecule has 1 aliphatic heterocycles. The van der Waals surface area contributed by atoms with Crippen molar-refractivity contribution in [1.29, 1.82) is 5.26 Å². The molecule has 2 amide bonds. The van der Waals surface area contributed by atoms with Gasteiger partial charge in [0.1, 0.15) is 17.3 Å². The average Bonchev–Trinajstić information content (AvgIpc) is 3.23. The Morgan fingerprint density at radius 1 is 1.09 bits per heavy atom. The number of amides is 2. The van der Waals surface area contributed by atoms with Gasteiger partial charge in [0, 0.05) is 28.3 Å². The Labute approximate surface area is 265 Å². The molecule has 3 aromatic carbocycles. The van der Waals surface area contributed by atoms with Crippen LogP contribution in [0, 0.1) is 28.4 Å². The minimum Gasteiger partial charge on any atom is -0.352 e. The van der Waals surface area contributed by atoms with Crippen LogP contribution in [-0.4, -0.2) is 38.6 Å². The van der Waals surface area contributed by atoms with Gasteiger partial charge in [-0.2, -0.15) is 5.26 Å². The molecule has 13 heteroatoms. The van der Waals surface area contributed by atoms with E-state index in [0.717, 1.165) is 12.3 Å². The van der Waals surface area contributed by atoms with Gasteiger partial charge in [0.2, 0.25) is 15.9 Å². The largest absolute Gasteiger partial charge is 0.352 e. The predicted octanol–water partition coefficient (Wildman–Crippen LogP) is 6.44. The van der Waals surface area contributed by atoms with Crippen LogP contribution in [0.4, 0.5) is 20.2 Å². The number of nitriles is 1. The normalized spacial score (nSPS) is 20.2. The summed E-state index contributed by atoms with van der Waals surface area (Å²) in [5.74, 6) is -2.99. The zero-order valence-electron chi connectivity index (χ0n) is 24.3. The maximum Gasteiger partial charge on any atom is 0.264 e. The number of carbonyl (C=O) groups is 2. The van der Waals surface area contributed by atoms with Crippen molar-refractivity contribution >= 4 is 56.4 Å². The Kier molecular flexibility index (Phi) is 9.31.